The molecule has 5 nitrogen and oxygen atoms in total. The van der Waals surface area contributed by atoms with E-state index in [9.17, 15) is 9.59 Å². The van der Waals surface area contributed by atoms with Gasteiger partial charge in [0, 0.05) is 13.6 Å². The van der Waals surface area contributed by atoms with Gasteiger partial charge in [0.25, 0.3) is 11.8 Å². The third-order valence-electron chi connectivity index (χ3n) is 3.29. The Balaban J connectivity index is 1.88. The van der Waals surface area contributed by atoms with E-state index < -0.39 is 5.91 Å². The minimum Gasteiger partial charge on any atom is -0.482 e. The Bertz CT molecular complexity index is 805. The van der Waals surface area contributed by atoms with E-state index in [1.165, 1.54) is 0 Å². The van der Waals surface area contributed by atoms with E-state index in [0.717, 1.165) is 23.6 Å². The van der Waals surface area contributed by atoms with Crippen molar-refractivity contribution in [1.29, 1.82) is 0 Å². The van der Waals surface area contributed by atoms with Gasteiger partial charge in [0.15, 0.2) is 6.61 Å². The van der Waals surface area contributed by atoms with Crippen molar-refractivity contribution in [3.63, 3.8) is 0 Å². The van der Waals surface area contributed by atoms with E-state index in [2.05, 4.69) is 65.3 Å². The fraction of sp³-hybridized carbons (Fsp3) is 0.176. The van der Waals surface area contributed by atoms with Gasteiger partial charge < -0.3 is 4.74 Å². The highest BCUT2D eigenvalue weighted by atomic mass is 127. The summed E-state index contributed by atoms with van der Waals surface area (Å²) in [6.45, 7) is 3.63. The van der Waals surface area contributed by atoms with Crippen LogP contribution >= 0.6 is 54.5 Å². The second-order valence-corrected chi connectivity index (χ2v) is 8.22. The van der Waals surface area contributed by atoms with Gasteiger partial charge in [-0.15, -0.1) is 0 Å². The predicted octanol–water partition coefficient (Wildman–Crippen LogP) is 4.27. The lowest BCUT2D eigenvalue weighted by Crippen LogP contribution is -2.43. The molecule has 25 heavy (non-hydrogen) atoms. The summed E-state index contributed by atoms with van der Waals surface area (Å²) < 4.78 is 8.16. The van der Waals surface area contributed by atoms with Crippen molar-refractivity contribution in [2.24, 2.45) is 0 Å². The molecule has 0 fully saturated rings. The van der Waals surface area contributed by atoms with E-state index >= 15 is 0 Å². The number of halogens is 3. The summed E-state index contributed by atoms with van der Waals surface area (Å²) in [6, 6.07) is 9.04. The van der Waals surface area contributed by atoms with Crippen molar-refractivity contribution < 1.29 is 14.3 Å². The Morgan fingerprint density at radius 2 is 1.80 bits per heavy atom. The van der Waals surface area contributed by atoms with Crippen LogP contribution in [0.4, 0.5) is 0 Å². The summed E-state index contributed by atoms with van der Waals surface area (Å²) in [5, 5.41) is 0. The summed E-state index contributed by atoms with van der Waals surface area (Å²) in [4.78, 5) is 23.9. The lowest BCUT2D eigenvalue weighted by atomic mass is 10.1. The summed E-state index contributed by atoms with van der Waals surface area (Å²) in [7, 11) is 0. The van der Waals surface area contributed by atoms with E-state index in [1.807, 2.05) is 32.0 Å². The number of carbonyl (C=O) groups excluding carboxylic acids is 2. The molecule has 0 aliphatic heterocycles. The zero-order valence-electron chi connectivity index (χ0n) is 13.5. The minimum absolute atomic E-state index is 0.215. The fourth-order valence-electron chi connectivity index (χ4n) is 1.98. The fourth-order valence-corrected chi connectivity index (χ4v) is 4.05. The van der Waals surface area contributed by atoms with Crippen molar-refractivity contribution in [2.45, 2.75) is 13.8 Å². The monoisotopic (exact) mass is 580 g/mol. The maximum Gasteiger partial charge on any atom is 0.276 e. The molecule has 2 N–H and O–H groups in total. The van der Waals surface area contributed by atoms with Crippen LogP contribution in [0.3, 0.4) is 0 Å². The molecule has 0 heterocycles. The zero-order chi connectivity index (χ0) is 18.6. The molecule has 8 heteroatoms. The van der Waals surface area contributed by atoms with Gasteiger partial charge in [-0.1, -0.05) is 22.0 Å². The molecule has 132 valence electrons. The topological polar surface area (TPSA) is 67.4 Å². The van der Waals surface area contributed by atoms with Gasteiger partial charge in [0.2, 0.25) is 0 Å². The molecule has 2 aromatic rings. The first-order chi connectivity index (χ1) is 11.8. The molecule has 0 spiro atoms. The Hall–Kier alpha value is -1.13. The molecule has 0 unspecified atom stereocenters. The van der Waals surface area contributed by atoms with Crippen molar-refractivity contribution in [1.82, 2.24) is 10.9 Å². The summed E-state index contributed by atoms with van der Waals surface area (Å²) >= 11 is 8.94. The van der Waals surface area contributed by atoms with Gasteiger partial charge in [-0.05, 0) is 87.8 Å². The SMILES string of the molecule is Cc1ccc(C(=O)NNC(=O)COc2c(C)cc(Br)cc2Br)cc1I. The number of carbonyl (C=O) groups is 2. The maximum atomic E-state index is 12.0. The molecule has 0 aliphatic carbocycles. The van der Waals surface area contributed by atoms with Crippen LogP contribution in [0.15, 0.2) is 39.3 Å². The van der Waals surface area contributed by atoms with Gasteiger partial charge in [-0.2, -0.15) is 0 Å². The molecule has 0 saturated carbocycles. The standard InChI is InChI=1S/C17H15Br2IN2O3/c1-9-3-4-11(6-14(9)20)17(24)22-21-15(23)8-25-16-10(2)5-12(18)7-13(16)19/h3-7H,8H2,1-2H3,(H,21,23)(H,22,24). The Labute approximate surface area is 176 Å². The second-order valence-electron chi connectivity index (χ2n) is 5.29. The van der Waals surface area contributed by atoms with Gasteiger partial charge in [-0.3, -0.25) is 20.4 Å². The summed E-state index contributed by atoms with van der Waals surface area (Å²) in [5.74, 6) is -0.255. The number of nitrogens with one attached hydrogen (secondary N) is 2. The third-order valence-corrected chi connectivity index (χ3v) is 5.50. The molecule has 0 atom stereocenters. The molecule has 0 aliphatic rings. The van der Waals surface area contributed by atoms with Crippen molar-refractivity contribution in [2.75, 3.05) is 6.61 Å². The quantitative estimate of drug-likeness (QED) is 0.419. The van der Waals surface area contributed by atoms with Crippen molar-refractivity contribution in [3.8, 4) is 5.75 Å². The van der Waals surface area contributed by atoms with Crippen molar-refractivity contribution >= 4 is 66.3 Å². The number of amides is 2. The third kappa shape index (κ3) is 5.68. The van der Waals surface area contributed by atoms with Crippen LogP contribution in [-0.2, 0) is 4.79 Å². The Morgan fingerprint density at radius 3 is 2.44 bits per heavy atom. The molecule has 2 amide bonds. The molecule has 2 rings (SSSR count). The smallest absolute Gasteiger partial charge is 0.276 e. The lowest BCUT2D eigenvalue weighted by Gasteiger charge is -2.12. The van der Waals surface area contributed by atoms with E-state index in [4.69, 9.17) is 4.74 Å². The highest BCUT2D eigenvalue weighted by molar-refractivity contribution is 14.1. The normalized spacial score (nSPS) is 10.3. The average Bonchev–Trinajstić information content (AvgIpc) is 2.54. The first-order valence-electron chi connectivity index (χ1n) is 7.21. The second kappa shape index (κ2) is 9.00. The number of hydrogen-bond acceptors (Lipinski definition) is 3. The molecular weight excluding hydrogens is 567 g/mol. The van der Waals surface area contributed by atoms with Crippen LogP contribution in [-0.4, -0.2) is 18.4 Å². The predicted molar refractivity (Wildman–Crippen MR) is 112 cm³/mol. The summed E-state index contributed by atoms with van der Waals surface area (Å²) in [6.07, 6.45) is 0. The number of rotatable bonds is 4. The van der Waals surface area contributed by atoms with Gasteiger partial charge in [-0.25, -0.2) is 0 Å². The number of aryl methyl sites for hydroxylation is 2. The zero-order valence-corrected chi connectivity index (χ0v) is 18.8. The van der Waals surface area contributed by atoms with Crippen LogP contribution < -0.4 is 15.6 Å². The summed E-state index contributed by atoms with van der Waals surface area (Å²) in [5.41, 5.74) is 7.17. The Morgan fingerprint density at radius 1 is 1.08 bits per heavy atom. The minimum atomic E-state index is -0.454. The molecule has 0 radical (unpaired) electrons. The van der Waals surface area contributed by atoms with E-state index in [0.29, 0.717) is 11.3 Å². The van der Waals surface area contributed by atoms with Gasteiger partial charge in [0.1, 0.15) is 5.75 Å². The largest absolute Gasteiger partial charge is 0.482 e. The number of hydrogen-bond donors (Lipinski definition) is 2. The molecule has 0 aromatic heterocycles. The van der Waals surface area contributed by atoms with Crippen LogP contribution in [0.25, 0.3) is 0 Å². The molecule has 2 aromatic carbocycles. The van der Waals surface area contributed by atoms with Crippen LogP contribution in [0.5, 0.6) is 5.75 Å². The van der Waals surface area contributed by atoms with Crippen LogP contribution in [0, 0.1) is 17.4 Å². The Kier molecular flexibility index (Phi) is 7.26. The van der Waals surface area contributed by atoms with Crippen LogP contribution in [0.1, 0.15) is 21.5 Å². The number of ether oxygens (including phenoxy) is 1. The van der Waals surface area contributed by atoms with Crippen LogP contribution in [0.2, 0.25) is 0 Å². The maximum absolute atomic E-state index is 12.0. The van der Waals surface area contributed by atoms with E-state index in [-0.39, 0.29) is 12.5 Å². The average molecular weight is 582 g/mol. The molecular formula is C17H15Br2IN2O3. The first-order valence-corrected chi connectivity index (χ1v) is 9.88. The highest BCUT2D eigenvalue weighted by Gasteiger charge is 2.11. The molecule has 0 bridgehead atoms. The number of hydrazine groups is 1. The number of benzene rings is 2. The highest BCUT2D eigenvalue weighted by Crippen LogP contribution is 2.32. The van der Waals surface area contributed by atoms with E-state index in [1.54, 1.807) is 12.1 Å². The lowest BCUT2D eigenvalue weighted by molar-refractivity contribution is -0.123. The van der Waals surface area contributed by atoms with Crippen molar-refractivity contribution in [3.05, 3.63) is 59.5 Å². The first kappa shape index (κ1) is 20.2. The van der Waals surface area contributed by atoms with Gasteiger partial charge in [0.05, 0.1) is 4.47 Å². The molecule has 0 saturated heterocycles. The van der Waals surface area contributed by atoms with Gasteiger partial charge >= 0.3 is 0 Å².